The first-order valence-corrected chi connectivity index (χ1v) is 9.78. The van der Waals surface area contributed by atoms with Gasteiger partial charge in [-0.25, -0.2) is 0 Å². The maximum atomic E-state index is 12.9. The maximum absolute atomic E-state index is 12.9. The van der Waals surface area contributed by atoms with E-state index in [0.29, 0.717) is 0 Å². The van der Waals surface area contributed by atoms with Crippen molar-refractivity contribution in [3.8, 4) is 0 Å². The van der Waals surface area contributed by atoms with Crippen LogP contribution in [0, 0.1) is 0 Å². The minimum absolute atomic E-state index is 0.00550. The molecular weight excluding hydrogens is 394 g/mol. The van der Waals surface area contributed by atoms with Gasteiger partial charge in [0.25, 0.3) is 0 Å². The molecule has 6 heteroatoms. The van der Waals surface area contributed by atoms with Crippen molar-refractivity contribution in [3.63, 3.8) is 0 Å². The number of carbonyl (C=O) groups excluding carboxylic acids is 2. The summed E-state index contributed by atoms with van der Waals surface area (Å²) in [6.45, 7) is 0. The van der Waals surface area contributed by atoms with Crippen molar-refractivity contribution in [1.82, 2.24) is 16.2 Å². The van der Waals surface area contributed by atoms with Gasteiger partial charge in [-0.15, -0.1) is 0 Å². The molecule has 3 rings (SSSR count). The van der Waals surface area contributed by atoms with Crippen LogP contribution in [-0.2, 0) is 9.59 Å². The second kappa shape index (κ2) is 10.7. The fourth-order valence-electron chi connectivity index (χ4n) is 2.90. The lowest BCUT2D eigenvalue weighted by Gasteiger charge is -2.18. The molecule has 0 aliphatic heterocycles. The third-order valence-corrected chi connectivity index (χ3v) is 4.49. The first kappa shape index (κ1) is 21.0. The van der Waals surface area contributed by atoms with Gasteiger partial charge >= 0.3 is 0 Å². The topological polar surface area (TPSA) is 70.2 Å². The Morgan fingerprint density at radius 3 is 1.77 bits per heavy atom. The Kier molecular flexibility index (Phi) is 7.46. The van der Waals surface area contributed by atoms with Crippen molar-refractivity contribution in [3.05, 3.63) is 114 Å². The highest BCUT2D eigenvalue weighted by Crippen LogP contribution is 2.24. The highest BCUT2D eigenvalue weighted by Gasteiger charge is 2.22. The van der Waals surface area contributed by atoms with Crippen LogP contribution in [0.5, 0.6) is 0 Å². The number of thiocarbonyl (C=S) groups is 1. The predicted molar refractivity (Wildman–Crippen MR) is 122 cm³/mol. The zero-order valence-electron chi connectivity index (χ0n) is 16.1. The lowest BCUT2D eigenvalue weighted by atomic mass is 9.91. The molecule has 3 N–H and O–H groups in total. The molecule has 30 heavy (non-hydrogen) atoms. The minimum atomic E-state index is -0.517. The molecule has 0 saturated carbocycles. The largest absolute Gasteiger partial charge is 0.298 e. The molecule has 0 atom stereocenters. The van der Waals surface area contributed by atoms with Gasteiger partial charge in [0, 0.05) is 6.08 Å². The average Bonchev–Trinajstić information content (AvgIpc) is 2.79. The summed E-state index contributed by atoms with van der Waals surface area (Å²) in [6.07, 6.45) is 3.05. The van der Waals surface area contributed by atoms with Crippen LogP contribution in [0.1, 0.15) is 22.6 Å². The van der Waals surface area contributed by atoms with E-state index in [4.69, 9.17) is 12.2 Å². The number of amides is 2. The van der Waals surface area contributed by atoms with E-state index in [9.17, 15) is 9.59 Å². The van der Waals surface area contributed by atoms with E-state index < -0.39 is 11.8 Å². The Balaban J connectivity index is 1.59. The predicted octanol–water partition coefficient (Wildman–Crippen LogP) is 3.55. The Labute approximate surface area is 180 Å². The smallest absolute Gasteiger partial charge is 0.250 e. The van der Waals surface area contributed by atoms with Gasteiger partial charge in [-0.2, -0.15) is 0 Å². The summed E-state index contributed by atoms with van der Waals surface area (Å²) in [5.41, 5.74) is 7.79. The quantitative estimate of drug-likeness (QED) is 0.339. The fourth-order valence-corrected chi connectivity index (χ4v) is 3.05. The minimum Gasteiger partial charge on any atom is -0.298 e. The number of nitrogens with one attached hydrogen (secondary N) is 3. The molecule has 0 unspecified atom stereocenters. The van der Waals surface area contributed by atoms with Crippen molar-refractivity contribution in [2.75, 3.05) is 0 Å². The molecule has 0 aliphatic carbocycles. The Hall–Kier alpha value is -3.77. The molecule has 3 aromatic carbocycles. The number of benzene rings is 3. The number of hydrogen-bond donors (Lipinski definition) is 3. The zero-order valence-corrected chi connectivity index (χ0v) is 16.9. The molecule has 150 valence electrons. The van der Waals surface area contributed by atoms with Gasteiger partial charge in [-0.05, 0) is 35.0 Å². The molecule has 5 nitrogen and oxygen atoms in total. The van der Waals surface area contributed by atoms with Crippen LogP contribution in [0.2, 0.25) is 0 Å². The lowest BCUT2D eigenvalue weighted by molar-refractivity contribution is -0.122. The molecule has 0 aliphatic rings. The molecule has 0 bridgehead atoms. The summed E-state index contributed by atoms with van der Waals surface area (Å²) in [7, 11) is 0. The van der Waals surface area contributed by atoms with Gasteiger partial charge in [0.05, 0.1) is 5.92 Å². The highest BCUT2D eigenvalue weighted by molar-refractivity contribution is 7.80. The van der Waals surface area contributed by atoms with Crippen LogP contribution in [0.25, 0.3) is 6.08 Å². The summed E-state index contributed by atoms with van der Waals surface area (Å²) in [6, 6.07) is 28.3. The summed E-state index contributed by atoms with van der Waals surface area (Å²) in [5, 5.41) is 2.51. The molecular formula is C24H21N3O2S. The third kappa shape index (κ3) is 6.12. The van der Waals surface area contributed by atoms with Crippen LogP contribution >= 0.6 is 12.2 Å². The molecule has 0 spiro atoms. The van der Waals surface area contributed by atoms with E-state index in [1.165, 1.54) is 6.08 Å². The van der Waals surface area contributed by atoms with Crippen molar-refractivity contribution in [2.45, 2.75) is 5.92 Å². The van der Waals surface area contributed by atoms with Gasteiger partial charge in [-0.1, -0.05) is 91.0 Å². The number of carbonyl (C=O) groups is 2. The van der Waals surface area contributed by atoms with Crippen molar-refractivity contribution in [1.29, 1.82) is 0 Å². The van der Waals surface area contributed by atoms with E-state index in [1.54, 1.807) is 6.08 Å². The van der Waals surface area contributed by atoms with Gasteiger partial charge in [-0.3, -0.25) is 25.8 Å². The Morgan fingerprint density at radius 2 is 1.23 bits per heavy atom. The number of rotatable bonds is 5. The molecule has 2 amide bonds. The van der Waals surface area contributed by atoms with E-state index in [1.807, 2.05) is 91.0 Å². The zero-order chi connectivity index (χ0) is 21.2. The van der Waals surface area contributed by atoms with Crippen LogP contribution in [0.15, 0.2) is 97.1 Å². The summed E-state index contributed by atoms with van der Waals surface area (Å²) >= 11 is 5.11. The van der Waals surface area contributed by atoms with Crippen LogP contribution in [-0.4, -0.2) is 16.9 Å². The first-order valence-electron chi connectivity index (χ1n) is 9.37. The van der Waals surface area contributed by atoms with Gasteiger partial charge in [0.1, 0.15) is 0 Å². The standard InChI is InChI=1S/C24H21N3O2S/c28-21(17-16-18-10-4-1-5-11-18)25-24(30)27-26-23(29)22(19-12-6-2-7-13-19)20-14-8-3-9-15-20/h1-17,22H,(H,26,29)(H2,25,27,28,30). The highest BCUT2D eigenvalue weighted by atomic mass is 32.1. The van der Waals surface area contributed by atoms with Gasteiger partial charge in [0.15, 0.2) is 5.11 Å². The number of hydrogen-bond acceptors (Lipinski definition) is 3. The van der Waals surface area contributed by atoms with Crippen LogP contribution in [0.4, 0.5) is 0 Å². The summed E-state index contributed by atoms with van der Waals surface area (Å²) < 4.78 is 0. The first-order chi connectivity index (χ1) is 14.6. The molecule has 3 aromatic rings. The maximum Gasteiger partial charge on any atom is 0.250 e. The van der Waals surface area contributed by atoms with Crippen molar-refractivity contribution < 1.29 is 9.59 Å². The van der Waals surface area contributed by atoms with Crippen molar-refractivity contribution in [2.24, 2.45) is 0 Å². The fraction of sp³-hybridized carbons (Fsp3) is 0.0417. The lowest BCUT2D eigenvalue weighted by Crippen LogP contribution is -2.49. The van der Waals surface area contributed by atoms with Crippen molar-refractivity contribution >= 4 is 35.2 Å². The molecule has 0 aromatic heterocycles. The molecule has 0 radical (unpaired) electrons. The van der Waals surface area contributed by atoms with E-state index >= 15 is 0 Å². The van der Waals surface area contributed by atoms with E-state index in [-0.39, 0.29) is 11.0 Å². The molecule has 0 saturated heterocycles. The second-order valence-electron chi connectivity index (χ2n) is 6.43. The SMILES string of the molecule is O=C(C=Cc1ccccc1)NC(=S)NNC(=O)C(c1ccccc1)c1ccccc1. The summed E-state index contributed by atoms with van der Waals surface area (Å²) in [4.78, 5) is 24.9. The van der Waals surface area contributed by atoms with Gasteiger partial charge < -0.3 is 0 Å². The average molecular weight is 416 g/mol. The molecule has 0 heterocycles. The third-order valence-electron chi connectivity index (χ3n) is 4.29. The normalized spacial score (nSPS) is 10.6. The monoisotopic (exact) mass is 415 g/mol. The van der Waals surface area contributed by atoms with E-state index in [0.717, 1.165) is 16.7 Å². The van der Waals surface area contributed by atoms with Gasteiger partial charge in [0.2, 0.25) is 11.8 Å². The Bertz CT molecular complexity index is 983. The number of hydrazine groups is 1. The Morgan fingerprint density at radius 1 is 0.733 bits per heavy atom. The van der Waals surface area contributed by atoms with Crippen LogP contribution < -0.4 is 16.2 Å². The molecule has 0 fully saturated rings. The van der Waals surface area contributed by atoms with E-state index in [2.05, 4.69) is 16.2 Å². The van der Waals surface area contributed by atoms with Crippen LogP contribution in [0.3, 0.4) is 0 Å². The second-order valence-corrected chi connectivity index (χ2v) is 6.84. The summed E-state index contributed by atoms with van der Waals surface area (Å²) in [5.74, 6) is -1.20.